The molecule has 0 unspecified atom stereocenters. The molecule has 0 radical (unpaired) electrons. The molecule has 2 rings (SSSR count). The lowest BCUT2D eigenvalue weighted by molar-refractivity contribution is -0.130. The summed E-state index contributed by atoms with van der Waals surface area (Å²) in [5, 5.41) is 5.95. The van der Waals surface area contributed by atoms with Crippen molar-refractivity contribution < 1.29 is 9.59 Å². The molecule has 1 fully saturated rings. The summed E-state index contributed by atoms with van der Waals surface area (Å²) in [4.78, 5) is 28.5. The van der Waals surface area contributed by atoms with Crippen LogP contribution in [0.15, 0.2) is 24.4 Å². The van der Waals surface area contributed by atoms with Gasteiger partial charge in [-0.2, -0.15) is 0 Å². The van der Waals surface area contributed by atoms with Crippen LogP contribution in [0, 0.1) is 17.8 Å². The minimum atomic E-state index is 0.0212. The van der Waals surface area contributed by atoms with Crippen LogP contribution in [0.25, 0.3) is 0 Å². The largest absolute Gasteiger partial charge is 0.356 e. The first-order chi connectivity index (χ1) is 11.1. The second-order valence-electron chi connectivity index (χ2n) is 6.73. The van der Waals surface area contributed by atoms with Gasteiger partial charge in [0.1, 0.15) is 0 Å². The first-order valence-corrected chi connectivity index (χ1v) is 8.51. The predicted molar refractivity (Wildman–Crippen MR) is 89.4 cm³/mol. The van der Waals surface area contributed by atoms with Crippen molar-refractivity contribution in [1.29, 1.82) is 0 Å². The van der Waals surface area contributed by atoms with Crippen molar-refractivity contribution in [2.75, 3.05) is 6.54 Å². The molecule has 1 aliphatic carbocycles. The summed E-state index contributed by atoms with van der Waals surface area (Å²) in [6.45, 7) is 5.37. The Morgan fingerprint density at radius 3 is 2.22 bits per heavy atom. The molecule has 126 valence electrons. The molecule has 1 heterocycles. The minimum Gasteiger partial charge on any atom is -0.356 e. The van der Waals surface area contributed by atoms with Gasteiger partial charge in [0.05, 0.1) is 12.2 Å². The van der Waals surface area contributed by atoms with Crippen LogP contribution in [0.1, 0.15) is 45.2 Å². The summed E-state index contributed by atoms with van der Waals surface area (Å²) in [6.07, 6.45) is 4.89. The Morgan fingerprint density at radius 1 is 1.09 bits per heavy atom. The molecule has 1 saturated carbocycles. The summed E-state index contributed by atoms with van der Waals surface area (Å²) in [6, 6.07) is 5.67. The van der Waals surface area contributed by atoms with E-state index < -0.39 is 0 Å². The van der Waals surface area contributed by atoms with Gasteiger partial charge in [-0.1, -0.05) is 19.9 Å². The standard InChI is InChI=1S/C18H27N3O2/c1-13(2)11-20-17(22)14-6-8-15(9-7-14)18(23)21-12-16-5-3-4-10-19-16/h3-5,10,13-15H,6-9,11-12H2,1-2H3,(H,20,22)(H,21,23). The first kappa shape index (κ1) is 17.4. The molecule has 5 nitrogen and oxygen atoms in total. The number of aromatic nitrogens is 1. The van der Waals surface area contributed by atoms with E-state index in [0.717, 1.165) is 37.9 Å². The van der Waals surface area contributed by atoms with Crippen LogP contribution in [-0.2, 0) is 16.1 Å². The van der Waals surface area contributed by atoms with Crippen LogP contribution in [0.5, 0.6) is 0 Å². The Hall–Kier alpha value is -1.91. The van der Waals surface area contributed by atoms with Gasteiger partial charge < -0.3 is 10.6 Å². The van der Waals surface area contributed by atoms with Crippen LogP contribution in [0.2, 0.25) is 0 Å². The highest BCUT2D eigenvalue weighted by atomic mass is 16.2. The Kier molecular flexibility index (Phi) is 6.56. The molecule has 23 heavy (non-hydrogen) atoms. The third-order valence-electron chi connectivity index (χ3n) is 4.32. The van der Waals surface area contributed by atoms with E-state index in [1.807, 2.05) is 18.2 Å². The van der Waals surface area contributed by atoms with Gasteiger partial charge in [-0.3, -0.25) is 14.6 Å². The van der Waals surface area contributed by atoms with Gasteiger partial charge in [0.2, 0.25) is 11.8 Å². The average molecular weight is 317 g/mol. The fraction of sp³-hybridized carbons (Fsp3) is 0.611. The van der Waals surface area contributed by atoms with Gasteiger partial charge in [-0.25, -0.2) is 0 Å². The lowest BCUT2D eigenvalue weighted by Crippen LogP contribution is -2.38. The number of pyridine rings is 1. The Labute approximate surface area is 138 Å². The second kappa shape index (κ2) is 8.65. The molecular weight excluding hydrogens is 290 g/mol. The maximum Gasteiger partial charge on any atom is 0.223 e. The Balaban J connectivity index is 1.71. The van der Waals surface area contributed by atoms with Crippen LogP contribution in [0.4, 0.5) is 0 Å². The number of rotatable bonds is 6. The highest BCUT2D eigenvalue weighted by Crippen LogP contribution is 2.29. The average Bonchev–Trinajstić information content (AvgIpc) is 2.58. The molecule has 1 aliphatic rings. The Bertz CT molecular complexity index is 508. The molecule has 1 aromatic heterocycles. The zero-order chi connectivity index (χ0) is 16.7. The van der Waals surface area contributed by atoms with E-state index in [9.17, 15) is 9.59 Å². The molecule has 0 aliphatic heterocycles. The molecule has 2 amide bonds. The van der Waals surface area contributed by atoms with E-state index in [1.54, 1.807) is 6.20 Å². The van der Waals surface area contributed by atoms with Gasteiger partial charge in [-0.15, -0.1) is 0 Å². The third kappa shape index (κ3) is 5.66. The van der Waals surface area contributed by atoms with Crippen LogP contribution < -0.4 is 10.6 Å². The Morgan fingerprint density at radius 2 is 1.70 bits per heavy atom. The minimum absolute atomic E-state index is 0.0212. The zero-order valence-electron chi connectivity index (χ0n) is 14.0. The van der Waals surface area contributed by atoms with Crippen molar-refractivity contribution in [3.8, 4) is 0 Å². The molecule has 0 aromatic carbocycles. The van der Waals surface area contributed by atoms with Gasteiger partial charge in [0.25, 0.3) is 0 Å². The van der Waals surface area contributed by atoms with Gasteiger partial charge in [-0.05, 0) is 43.7 Å². The third-order valence-corrected chi connectivity index (χ3v) is 4.32. The molecular formula is C18H27N3O2. The highest BCUT2D eigenvalue weighted by Gasteiger charge is 2.29. The number of hydrogen-bond acceptors (Lipinski definition) is 3. The summed E-state index contributed by atoms with van der Waals surface area (Å²) >= 11 is 0. The van der Waals surface area contributed by atoms with Crippen molar-refractivity contribution >= 4 is 11.8 Å². The number of carbonyl (C=O) groups is 2. The van der Waals surface area contributed by atoms with E-state index in [0.29, 0.717) is 12.5 Å². The maximum atomic E-state index is 12.2. The normalized spacial score (nSPS) is 21.0. The molecule has 0 saturated heterocycles. The quantitative estimate of drug-likeness (QED) is 0.845. The smallest absolute Gasteiger partial charge is 0.223 e. The molecule has 1 aromatic rings. The van der Waals surface area contributed by atoms with E-state index in [2.05, 4.69) is 29.5 Å². The van der Waals surface area contributed by atoms with E-state index >= 15 is 0 Å². The molecule has 0 atom stereocenters. The lowest BCUT2D eigenvalue weighted by Gasteiger charge is -2.27. The van der Waals surface area contributed by atoms with E-state index in [1.165, 1.54) is 0 Å². The SMILES string of the molecule is CC(C)CNC(=O)C1CCC(C(=O)NCc2ccccn2)CC1. The van der Waals surface area contributed by atoms with Crippen molar-refractivity contribution in [2.45, 2.75) is 46.1 Å². The van der Waals surface area contributed by atoms with E-state index in [4.69, 9.17) is 0 Å². The predicted octanol–water partition coefficient (Wildman–Crippen LogP) is 2.28. The van der Waals surface area contributed by atoms with Crippen molar-refractivity contribution in [1.82, 2.24) is 15.6 Å². The maximum absolute atomic E-state index is 12.2. The first-order valence-electron chi connectivity index (χ1n) is 8.51. The fourth-order valence-electron chi connectivity index (χ4n) is 2.89. The monoisotopic (exact) mass is 317 g/mol. The second-order valence-corrected chi connectivity index (χ2v) is 6.73. The highest BCUT2D eigenvalue weighted by molar-refractivity contribution is 5.81. The number of nitrogens with one attached hydrogen (secondary N) is 2. The fourth-order valence-corrected chi connectivity index (χ4v) is 2.89. The summed E-state index contributed by atoms with van der Waals surface area (Å²) < 4.78 is 0. The molecule has 0 spiro atoms. The molecule has 0 bridgehead atoms. The number of amides is 2. The summed E-state index contributed by atoms with van der Waals surface area (Å²) in [5.74, 6) is 0.775. The van der Waals surface area contributed by atoms with Crippen LogP contribution >= 0.6 is 0 Å². The van der Waals surface area contributed by atoms with Crippen LogP contribution in [0.3, 0.4) is 0 Å². The van der Waals surface area contributed by atoms with Crippen LogP contribution in [-0.4, -0.2) is 23.3 Å². The number of hydrogen-bond donors (Lipinski definition) is 2. The summed E-state index contributed by atoms with van der Waals surface area (Å²) in [5.41, 5.74) is 0.864. The topological polar surface area (TPSA) is 71.1 Å². The van der Waals surface area contributed by atoms with Crippen molar-refractivity contribution in [3.63, 3.8) is 0 Å². The van der Waals surface area contributed by atoms with Crippen molar-refractivity contribution in [2.24, 2.45) is 17.8 Å². The lowest BCUT2D eigenvalue weighted by atomic mass is 9.81. The number of carbonyl (C=O) groups excluding carboxylic acids is 2. The molecule has 2 N–H and O–H groups in total. The molecule has 5 heteroatoms. The van der Waals surface area contributed by atoms with Gasteiger partial charge >= 0.3 is 0 Å². The zero-order valence-corrected chi connectivity index (χ0v) is 14.0. The van der Waals surface area contributed by atoms with Gasteiger partial charge in [0, 0.05) is 24.6 Å². The number of nitrogens with zero attached hydrogens (tertiary/aromatic N) is 1. The summed E-state index contributed by atoms with van der Waals surface area (Å²) in [7, 11) is 0. The van der Waals surface area contributed by atoms with Gasteiger partial charge in [0.15, 0.2) is 0 Å². The van der Waals surface area contributed by atoms with E-state index in [-0.39, 0.29) is 23.7 Å². The van der Waals surface area contributed by atoms with Crippen molar-refractivity contribution in [3.05, 3.63) is 30.1 Å².